The van der Waals surface area contributed by atoms with Crippen molar-refractivity contribution in [2.24, 2.45) is 34.5 Å². The van der Waals surface area contributed by atoms with Gasteiger partial charge in [-0.25, -0.2) is 0 Å². The third kappa shape index (κ3) is 1.48. The zero-order valence-corrected chi connectivity index (χ0v) is 12.1. The first kappa shape index (κ1) is 12.5. The summed E-state index contributed by atoms with van der Waals surface area (Å²) in [5, 5.41) is 0. The van der Waals surface area contributed by atoms with Gasteiger partial charge in [0.25, 0.3) is 0 Å². The van der Waals surface area contributed by atoms with E-state index in [2.05, 4.69) is 41.5 Å². The smallest absolute Gasteiger partial charge is 0.0235 e. The highest BCUT2D eigenvalue weighted by atomic mass is 14.7. The van der Waals surface area contributed by atoms with Gasteiger partial charge in [0.15, 0.2) is 0 Å². The Morgan fingerprint density at radius 3 is 2.19 bits per heavy atom. The van der Waals surface area contributed by atoms with Crippen molar-refractivity contribution in [3.63, 3.8) is 0 Å². The fourth-order valence-corrected chi connectivity index (χ4v) is 4.79. The van der Waals surface area contributed by atoms with Crippen LogP contribution in [0.1, 0.15) is 67.2 Å². The molecule has 0 N–H and O–H groups in total. The molecule has 94 valence electrons. The molecule has 0 aromatic heterocycles. The highest BCUT2D eigenvalue weighted by Crippen LogP contribution is 2.74. The maximum absolute atomic E-state index is 2.58. The lowest BCUT2D eigenvalue weighted by molar-refractivity contribution is -0.0732. The van der Waals surface area contributed by atoms with Gasteiger partial charge in [-0.15, -0.1) is 0 Å². The summed E-state index contributed by atoms with van der Waals surface area (Å²) in [7, 11) is 0. The van der Waals surface area contributed by atoms with Crippen LogP contribution in [0.4, 0.5) is 0 Å². The van der Waals surface area contributed by atoms with E-state index in [0.717, 1.165) is 23.7 Å². The van der Waals surface area contributed by atoms with Crippen LogP contribution in [0.15, 0.2) is 0 Å². The summed E-state index contributed by atoms with van der Waals surface area (Å²) >= 11 is 0. The summed E-state index contributed by atoms with van der Waals surface area (Å²) < 4.78 is 0. The molecule has 2 saturated carbocycles. The Labute approximate surface area is 102 Å². The van der Waals surface area contributed by atoms with Gasteiger partial charge in [-0.2, -0.15) is 0 Å². The van der Waals surface area contributed by atoms with Gasteiger partial charge in [0.1, 0.15) is 0 Å². The molecular weight excluding hydrogens is 192 g/mol. The van der Waals surface area contributed by atoms with Crippen molar-refractivity contribution in [3.05, 3.63) is 0 Å². The van der Waals surface area contributed by atoms with Crippen LogP contribution >= 0.6 is 0 Å². The highest BCUT2D eigenvalue weighted by Gasteiger charge is 2.67. The van der Waals surface area contributed by atoms with Gasteiger partial charge in [0.2, 0.25) is 0 Å². The molecule has 0 nitrogen and oxygen atoms in total. The number of rotatable bonds is 4. The van der Waals surface area contributed by atoms with E-state index in [1.165, 1.54) is 25.7 Å². The van der Waals surface area contributed by atoms with Crippen molar-refractivity contribution < 1.29 is 0 Å². The normalized spacial score (nSPS) is 53.2. The first-order chi connectivity index (χ1) is 7.37. The van der Waals surface area contributed by atoms with Crippen LogP contribution in [-0.2, 0) is 0 Å². The number of hydrogen-bond donors (Lipinski definition) is 0. The monoisotopic (exact) mass is 222 g/mol. The summed E-state index contributed by atoms with van der Waals surface area (Å²) in [5.74, 6) is 3.88. The first-order valence-corrected chi connectivity index (χ1v) is 7.37. The van der Waals surface area contributed by atoms with Crippen molar-refractivity contribution in [1.82, 2.24) is 0 Å². The van der Waals surface area contributed by atoms with Crippen molar-refractivity contribution in [3.8, 4) is 0 Å². The molecule has 0 spiro atoms. The van der Waals surface area contributed by atoms with E-state index in [1.54, 1.807) is 0 Å². The summed E-state index contributed by atoms with van der Waals surface area (Å²) in [5.41, 5.74) is 1.33. The predicted molar refractivity (Wildman–Crippen MR) is 71.3 cm³/mol. The van der Waals surface area contributed by atoms with E-state index in [1.807, 2.05) is 0 Å². The minimum atomic E-state index is 0.652. The van der Waals surface area contributed by atoms with Crippen LogP contribution in [0.25, 0.3) is 0 Å². The lowest BCUT2D eigenvalue weighted by Crippen LogP contribution is -2.49. The largest absolute Gasteiger partial charge is 0.0654 e. The fourth-order valence-electron chi connectivity index (χ4n) is 4.79. The van der Waals surface area contributed by atoms with Crippen LogP contribution in [0.3, 0.4) is 0 Å². The Morgan fingerprint density at radius 1 is 1.12 bits per heavy atom. The van der Waals surface area contributed by atoms with Crippen molar-refractivity contribution >= 4 is 0 Å². The average Bonchev–Trinajstić information content (AvgIpc) is 2.92. The lowest BCUT2D eigenvalue weighted by atomic mass is 9.49. The molecule has 2 aliphatic rings. The van der Waals surface area contributed by atoms with Crippen LogP contribution < -0.4 is 0 Å². The number of hydrogen-bond acceptors (Lipinski definition) is 0. The lowest BCUT2D eigenvalue weighted by Gasteiger charge is -2.56. The topological polar surface area (TPSA) is 0 Å². The summed E-state index contributed by atoms with van der Waals surface area (Å²) in [6.45, 7) is 14.9. The molecule has 6 atom stereocenters. The maximum Gasteiger partial charge on any atom is -0.0235 e. The molecule has 0 radical (unpaired) electrons. The minimum absolute atomic E-state index is 0.652. The molecule has 16 heavy (non-hydrogen) atoms. The first-order valence-electron chi connectivity index (χ1n) is 7.37. The zero-order chi connectivity index (χ0) is 12.1. The molecule has 6 unspecified atom stereocenters. The fraction of sp³-hybridized carbons (Fsp3) is 1.00. The quantitative estimate of drug-likeness (QED) is 0.618. The Kier molecular flexibility index (Phi) is 2.92. The predicted octanol–water partition coefficient (Wildman–Crippen LogP) is 5.13. The molecule has 2 fully saturated rings. The van der Waals surface area contributed by atoms with Crippen LogP contribution in [0.5, 0.6) is 0 Å². The highest BCUT2D eigenvalue weighted by molar-refractivity contribution is 5.15. The average molecular weight is 222 g/mol. The Balaban J connectivity index is 2.02. The van der Waals surface area contributed by atoms with E-state index in [0.29, 0.717) is 10.8 Å². The zero-order valence-electron chi connectivity index (χ0n) is 12.1. The van der Waals surface area contributed by atoms with Gasteiger partial charge < -0.3 is 0 Å². The molecule has 0 heteroatoms. The van der Waals surface area contributed by atoms with Gasteiger partial charge in [-0.3, -0.25) is 0 Å². The van der Waals surface area contributed by atoms with Crippen LogP contribution in [0, 0.1) is 34.5 Å². The summed E-state index contributed by atoms with van der Waals surface area (Å²) in [6, 6.07) is 0. The second-order valence-electron chi connectivity index (χ2n) is 7.38. The van der Waals surface area contributed by atoms with E-state index < -0.39 is 0 Å². The maximum atomic E-state index is 2.58. The third-order valence-electron chi connectivity index (χ3n) is 6.64. The van der Waals surface area contributed by atoms with Crippen LogP contribution in [-0.4, -0.2) is 0 Å². The molecular formula is C16H30. The molecule has 0 amide bonds. The van der Waals surface area contributed by atoms with E-state index in [4.69, 9.17) is 0 Å². The van der Waals surface area contributed by atoms with Crippen molar-refractivity contribution in [1.29, 1.82) is 0 Å². The van der Waals surface area contributed by atoms with Gasteiger partial charge in [0.05, 0.1) is 0 Å². The van der Waals surface area contributed by atoms with Gasteiger partial charge in [-0.1, -0.05) is 54.4 Å². The summed E-state index contributed by atoms with van der Waals surface area (Å²) in [4.78, 5) is 0. The Bertz CT molecular complexity index is 269. The molecule has 2 aliphatic carbocycles. The molecule has 2 rings (SSSR count). The van der Waals surface area contributed by atoms with Gasteiger partial charge >= 0.3 is 0 Å². The molecule has 0 bridgehead atoms. The molecule has 0 aromatic rings. The summed E-state index contributed by atoms with van der Waals surface area (Å²) in [6.07, 6.45) is 5.76. The van der Waals surface area contributed by atoms with Crippen molar-refractivity contribution in [2.45, 2.75) is 67.2 Å². The van der Waals surface area contributed by atoms with Crippen molar-refractivity contribution in [2.75, 3.05) is 0 Å². The third-order valence-corrected chi connectivity index (χ3v) is 6.64. The molecule has 0 aromatic carbocycles. The second kappa shape index (κ2) is 3.75. The molecule has 0 heterocycles. The van der Waals surface area contributed by atoms with Gasteiger partial charge in [0, 0.05) is 0 Å². The Hall–Kier alpha value is 0. The van der Waals surface area contributed by atoms with E-state index in [-0.39, 0.29) is 0 Å². The Morgan fingerprint density at radius 2 is 1.75 bits per heavy atom. The van der Waals surface area contributed by atoms with Crippen LogP contribution in [0.2, 0.25) is 0 Å². The molecule has 0 aliphatic heterocycles. The van der Waals surface area contributed by atoms with E-state index >= 15 is 0 Å². The molecule has 0 saturated heterocycles. The SMILES string of the molecule is CCCC(C)C1CC1(C)C1(C)CC(C)C1C. The standard InChI is InChI=1S/C16H30/c1-7-8-11(2)14-10-16(14,6)15(5)9-12(3)13(15)4/h11-14H,7-10H2,1-6H3. The van der Waals surface area contributed by atoms with Gasteiger partial charge in [-0.05, 0) is 47.3 Å². The van der Waals surface area contributed by atoms with E-state index in [9.17, 15) is 0 Å². The minimum Gasteiger partial charge on any atom is -0.0654 e. The second-order valence-corrected chi connectivity index (χ2v) is 7.38.